The Morgan fingerprint density at radius 2 is 1.80 bits per heavy atom. The Labute approximate surface area is 335 Å². The fraction of sp³-hybridized carbons (Fsp3) is 0.429. The number of carboxylic acid groups (broad SMARTS) is 1. The zero-order valence-electron chi connectivity index (χ0n) is 31.5. The molecule has 2 aliphatic carbocycles. The Balaban J connectivity index is 0.950. The van der Waals surface area contributed by atoms with Crippen LogP contribution in [0.2, 0.25) is 10.0 Å². The predicted octanol–water partition coefficient (Wildman–Crippen LogP) is 7.48. The number of carboxylic acids is 1. The van der Waals surface area contributed by atoms with Crippen LogP contribution in [0.3, 0.4) is 0 Å². The lowest BCUT2D eigenvalue weighted by atomic mass is 9.80. The molecular weight excluding hydrogens is 758 g/mol. The molecule has 8 rings (SSSR count). The van der Waals surface area contributed by atoms with Gasteiger partial charge in [-0.3, -0.25) is 24.4 Å². The number of halogens is 3. The average Bonchev–Trinajstić information content (AvgIpc) is 3.86. The first-order valence-electron chi connectivity index (χ1n) is 19.1. The van der Waals surface area contributed by atoms with Gasteiger partial charge in [0, 0.05) is 80.8 Å². The number of aliphatic carboxylic acids is 1. The lowest BCUT2D eigenvalue weighted by Gasteiger charge is -2.35. The van der Waals surface area contributed by atoms with Crippen LogP contribution in [0.4, 0.5) is 10.1 Å². The van der Waals surface area contributed by atoms with Crippen molar-refractivity contribution in [3.63, 3.8) is 0 Å². The number of aliphatic hydroxyl groups is 1. The van der Waals surface area contributed by atoms with Crippen molar-refractivity contribution in [3.05, 3.63) is 92.7 Å². The number of likely N-dealkylation sites (tertiary alicyclic amines) is 1. The van der Waals surface area contributed by atoms with Crippen molar-refractivity contribution in [2.45, 2.75) is 64.1 Å². The average molecular weight is 804 g/mol. The van der Waals surface area contributed by atoms with Crippen LogP contribution >= 0.6 is 23.2 Å². The lowest BCUT2D eigenvalue weighted by molar-refractivity contribution is -0.148. The molecule has 0 unspecified atom stereocenters. The number of fused-ring (bicyclic) bond motifs is 3. The number of hydrogen-bond donors (Lipinski definition) is 3. The van der Waals surface area contributed by atoms with Gasteiger partial charge < -0.3 is 24.8 Å². The van der Waals surface area contributed by atoms with Crippen LogP contribution in [0.5, 0.6) is 5.75 Å². The van der Waals surface area contributed by atoms with Gasteiger partial charge in [-0.05, 0) is 68.2 Å². The number of anilines is 1. The maximum atomic E-state index is 15.7. The summed E-state index contributed by atoms with van der Waals surface area (Å²) in [6, 6.07) is 12.1. The molecule has 1 amide bonds. The highest BCUT2D eigenvalue weighted by Gasteiger charge is 2.57. The highest BCUT2D eigenvalue weighted by atomic mass is 35.5. The van der Waals surface area contributed by atoms with E-state index in [1.165, 1.54) is 13.2 Å². The Morgan fingerprint density at radius 1 is 1.07 bits per heavy atom. The number of benzene rings is 2. The molecular formula is C42H45Cl2FN6O5. The zero-order chi connectivity index (χ0) is 39.4. The molecule has 2 aromatic heterocycles. The quantitative estimate of drug-likeness (QED) is 0.133. The smallest absolute Gasteiger partial charge is 0.309 e. The summed E-state index contributed by atoms with van der Waals surface area (Å²) in [5.74, 6) is -0.847. The Hall–Kier alpha value is -4.33. The number of hydrogen-bond acceptors (Lipinski definition) is 8. The molecule has 14 heteroatoms. The number of carbonyl (C=O) groups excluding carboxylic acids is 1. The van der Waals surface area contributed by atoms with Crippen molar-refractivity contribution in [1.29, 1.82) is 0 Å². The molecule has 3 N–H and O–H groups in total. The largest absolute Gasteiger partial charge is 0.496 e. The molecule has 2 bridgehead atoms. The highest BCUT2D eigenvalue weighted by molar-refractivity contribution is 6.39. The van der Waals surface area contributed by atoms with Gasteiger partial charge in [-0.15, -0.1) is 0 Å². The molecule has 0 radical (unpaired) electrons. The van der Waals surface area contributed by atoms with E-state index in [0.717, 1.165) is 75.0 Å². The summed E-state index contributed by atoms with van der Waals surface area (Å²) < 4.78 is 23.0. The molecule has 3 fully saturated rings. The molecule has 56 heavy (non-hydrogen) atoms. The fourth-order valence-corrected chi connectivity index (χ4v) is 9.80. The Morgan fingerprint density at radius 3 is 2.50 bits per heavy atom. The molecule has 0 spiro atoms. The minimum absolute atomic E-state index is 0.0909. The standard InChI is InChI=1S/C42H45Cl2FN6O5/c1-49-34-9-15-50(16-14-41-10-12-42(24-41,13-11-41)40(54)55)23-33(34)47-38(49)39(53)48-31-8-4-7-29(37(31)44)28-6-3-5-25(36(28)43)17-30(45)32-18-35(56-2)26(19-46-32)20-51-21-27(52)22-51/h3-8,17-19,27,52H,9-16,20-24H2,1-2H3,(H,48,53)(H,54,55)/b30-17-. The van der Waals surface area contributed by atoms with Gasteiger partial charge in [0.1, 0.15) is 17.3 Å². The third-order valence-electron chi connectivity index (χ3n) is 12.5. The maximum absolute atomic E-state index is 15.7. The van der Waals surface area contributed by atoms with E-state index < -0.39 is 23.1 Å². The molecule has 2 aromatic carbocycles. The first-order valence-corrected chi connectivity index (χ1v) is 19.8. The molecule has 2 saturated carbocycles. The summed E-state index contributed by atoms with van der Waals surface area (Å²) in [6.07, 6.45) is 8.64. The first kappa shape index (κ1) is 38.5. The van der Waals surface area contributed by atoms with Gasteiger partial charge in [0.2, 0.25) is 0 Å². The van der Waals surface area contributed by atoms with Gasteiger partial charge in [0.05, 0.1) is 40.1 Å². The normalized spacial score (nSPS) is 22.6. The first-order chi connectivity index (χ1) is 26.9. The number of β-amino-alcohol motifs (C(OH)–C–C–N with tert-alkyl or cyclic N) is 1. The van der Waals surface area contributed by atoms with Crippen molar-refractivity contribution in [3.8, 4) is 16.9 Å². The number of ether oxygens (including phenoxy) is 1. The number of imidazole rings is 1. The number of amides is 1. The van der Waals surface area contributed by atoms with Crippen LogP contribution in [-0.4, -0.2) is 85.8 Å². The van der Waals surface area contributed by atoms with Crippen LogP contribution < -0.4 is 10.1 Å². The van der Waals surface area contributed by atoms with Crippen LogP contribution in [0.1, 0.15) is 77.4 Å². The second-order valence-electron chi connectivity index (χ2n) is 16.0. The monoisotopic (exact) mass is 802 g/mol. The number of methoxy groups -OCH3 is 1. The summed E-state index contributed by atoms with van der Waals surface area (Å²) in [5.41, 5.74) is 4.31. The fourth-order valence-electron chi connectivity index (χ4n) is 9.24. The molecule has 294 valence electrons. The van der Waals surface area contributed by atoms with Crippen molar-refractivity contribution in [2.24, 2.45) is 17.9 Å². The van der Waals surface area contributed by atoms with E-state index in [0.29, 0.717) is 54.3 Å². The van der Waals surface area contributed by atoms with Crippen molar-refractivity contribution >= 4 is 52.7 Å². The minimum Gasteiger partial charge on any atom is -0.496 e. The second-order valence-corrected chi connectivity index (χ2v) is 16.7. The summed E-state index contributed by atoms with van der Waals surface area (Å²) in [6.45, 7) is 4.04. The molecule has 4 aliphatic rings. The topological polar surface area (TPSA) is 133 Å². The second kappa shape index (κ2) is 15.2. The molecule has 4 aromatic rings. The van der Waals surface area contributed by atoms with Crippen molar-refractivity contribution < 1.29 is 28.9 Å². The molecule has 4 heterocycles. The number of pyridine rings is 1. The molecule has 1 saturated heterocycles. The summed E-state index contributed by atoms with van der Waals surface area (Å²) in [4.78, 5) is 39.2. The van der Waals surface area contributed by atoms with Crippen LogP contribution in [0.25, 0.3) is 23.0 Å². The number of nitrogens with zero attached hydrogens (tertiary/aromatic N) is 5. The maximum Gasteiger partial charge on any atom is 0.309 e. The summed E-state index contributed by atoms with van der Waals surface area (Å²) in [7, 11) is 3.38. The van der Waals surface area contributed by atoms with Crippen LogP contribution in [0, 0.1) is 10.8 Å². The van der Waals surface area contributed by atoms with E-state index in [1.807, 2.05) is 16.5 Å². The highest BCUT2D eigenvalue weighted by Crippen LogP contribution is 2.63. The molecule has 11 nitrogen and oxygen atoms in total. The molecule has 0 atom stereocenters. The SMILES string of the molecule is COc1cc(/C(F)=C/c2cccc(-c3cccc(NC(=O)c4nc5c(n4C)CCN(CCC46CCC(C(=O)O)(CC4)C6)C5)c3Cl)c2Cl)ncc1CN1CC(O)C1. The van der Waals surface area contributed by atoms with E-state index in [1.54, 1.807) is 48.7 Å². The number of aliphatic hydroxyl groups excluding tert-OH is 1. The minimum atomic E-state index is -0.635. The van der Waals surface area contributed by atoms with Gasteiger partial charge in [-0.2, -0.15) is 0 Å². The summed E-state index contributed by atoms with van der Waals surface area (Å²) >= 11 is 13.8. The van der Waals surface area contributed by atoms with E-state index in [9.17, 15) is 19.8 Å². The number of aromatic nitrogens is 3. The van der Waals surface area contributed by atoms with Gasteiger partial charge >= 0.3 is 5.97 Å². The van der Waals surface area contributed by atoms with Gasteiger partial charge in [0.15, 0.2) is 5.82 Å². The van der Waals surface area contributed by atoms with E-state index in [2.05, 4.69) is 15.2 Å². The third kappa shape index (κ3) is 7.22. The number of nitrogens with one attached hydrogen (secondary N) is 1. The molecule has 2 aliphatic heterocycles. The Kier molecular flexibility index (Phi) is 10.5. The van der Waals surface area contributed by atoms with E-state index >= 15 is 4.39 Å². The van der Waals surface area contributed by atoms with Crippen LogP contribution in [0.15, 0.2) is 48.7 Å². The van der Waals surface area contributed by atoms with Crippen molar-refractivity contribution in [2.75, 3.05) is 38.6 Å². The number of carbonyl (C=O) groups is 2. The van der Waals surface area contributed by atoms with Gasteiger partial charge in [-0.25, -0.2) is 9.37 Å². The van der Waals surface area contributed by atoms with Crippen LogP contribution in [-0.2, 0) is 31.4 Å². The number of rotatable bonds is 12. The lowest BCUT2D eigenvalue weighted by Crippen LogP contribution is -2.49. The Bertz CT molecular complexity index is 2230. The van der Waals surface area contributed by atoms with Gasteiger partial charge in [0.25, 0.3) is 5.91 Å². The van der Waals surface area contributed by atoms with Gasteiger partial charge in [-0.1, -0.05) is 53.5 Å². The summed E-state index contributed by atoms with van der Waals surface area (Å²) in [5, 5.41) is 22.9. The van der Waals surface area contributed by atoms with Crippen molar-refractivity contribution in [1.82, 2.24) is 24.3 Å². The van der Waals surface area contributed by atoms with E-state index in [-0.39, 0.29) is 33.1 Å². The third-order valence-corrected chi connectivity index (χ3v) is 13.3. The van der Waals surface area contributed by atoms with E-state index in [4.69, 9.17) is 32.9 Å². The predicted molar refractivity (Wildman–Crippen MR) is 213 cm³/mol. The zero-order valence-corrected chi connectivity index (χ0v) is 33.0.